The summed E-state index contributed by atoms with van der Waals surface area (Å²) >= 11 is 0. The Balaban J connectivity index is 2.31. The highest BCUT2D eigenvalue weighted by molar-refractivity contribution is 5.86. The smallest absolute Gasteiger partial charge is 0.244 e. The lowest BCUT2D eigenvalue weighted by Gasteiger charge is -2.30. The summed E-state index contributed by atoms with van der Waals surface area (Å²) in [5, 5.41) is 15.0. The minimum absolute atomic E-state index is 0.0363. The molecule has 1 aromatic rings. The topological polar surface area (TPSA) is 68.2 Å². The number of nitrogens with one attached hydrogen (secondary N) is 2. The molecule has 1 amide bonds. The molecule has 1 aromatic carbocycles. The lowest BCUT2D eigenvalue weighted by molar-refractivity contribution is -0.121. The maximum Gasteiger partial charge on any atom is 0.244 e. The van der Waals surface area contributed by atoms with Crippen LogP contribution >= 0.6 is 0 Å². The SMILES string of the molecule is CNCC1C(=O)NCCCN1c1cccc(C#N)c1. The number of anilines is 1. The van der Waals surface area contributed by atoms with Crippen LogP contribution in [-0.2, 0) is 4.79 Å². The Bertz CT molecular complexity index is 494. The molecule has 0 aromatic heterocycles. The number of carbonyl (C=O) groups excluding carboxylic acids is 1. The fraction of sp³-hybridized carbons (Fsp3) is 0.429. The van der Waals surface area contributed by atoms with Crippen molar-refractivity contribution in [2.75, 3.05) is 31.6 Å². The van der Waals surface area contributed by atoms with Gasteiger partial charge in [0, 0.05) is 25.3 Å². The molecular weight excluding hydrogens is 240 g/mol. The number of nitrogens with zero attached hydrogens (tertiary/aromatic N) is 2. The average molecular weight is 258 g/mol. The number of likely N-dealkylation sites (N-methyl/N-ethyl adjacent to an activating group) is 1. The number of benzene rings is 1. The molecule has 100 valence electrons. The van der Waals surface area contributed by atoms with Gasteiger partial charge in [0.1, 0.15) is 6.04 Å². The van der Waals surface area contributed by atoms with Gasteiger partial charge in [-0.05, 0) is 31.7 Å². The Labute approximate surface area is 113 Å². The van der Waals surface area contributed by atoms with Gasteiger partial charge in [0.05, 0.1) is 11.6 Å². The molecule has 5 nitrogen and oxygen atoms in total. The standard InChI is InChI=1S/C14H18N4O/c1-16-10-13-14(19)17-6-3-7-18(13)12-5-2-4-11(8-12)9-15/h2,4-5,8,13,16H,3,6-7,10H2,1H3,(H,17,19). The quantitative estimate of drug-likeness (QED) is 0.827. The molecule has 1 saturated heterocycles. The molecule has 0 radical (unpaired) electrons. The van der Waals surface area contributed by atoms with Gasteiger partial charge in [0.15, 0.2) is 0 Å². The minimum atomic E-state index is -0.235. The van der Waals surface area contributed by atoms with E-state index in [4.69, 9.17) is 5.26 Å². The van der Waals surface area contributed by atoms with E-state index in [2.05, 4.69) is 21.6 Å². The zero-order valence-electron chi connectivity index (χ0n) is 11.0. The van der Waals surface area contributed by atoms with Crippen molar-refractivity contribution in [3.63, 3.8) is 0 Å². The third kappa shape index (κ3) is 3.04. The van der Waals surface area contributed by atoms with Crippen LogP contribution in [0.25, 0.3) is 0 Å². The van der Waals surface area contributed by atoms with E-state index in [1.54, 1.807) is 6.07 Å². The summed E-state index contributed by atoms with van der Waals surface area (Å²) in [6.07, 6.45) is 0.905. The first kappa shape index (κ1) is 13.4. The molecule has 1 atom stereocenters. The van der Waals surface area contributed by atoms with E-state index in [0.717, 1.165) is 18.7 Å². The number of hydrogen-bond donors (Lipinski definition) is 2. The number of rotatable bonds is 3. The predicted molar refractivity (Wildman–Crippen MR) is 73.8 cm³/mol. The van der Waals surface area contributed by atoms with Crippen LogP contribution in [0, 0.1) is 11.3 Å². The summed E-state index contributed by atoms with van der Waals surface area (Å²) in [4.78, 5) is 14.2. The molecule has 0 aliphatic carbocycles. The summed E-state index contributed by atoms with van der Waals surface area (Å²) in [6.45, 7) is 2.09. The molecule has 2 rings (SSSR count). The van der Waals surface area contributed by atoms with Crippen LogP contribution in [0.3, 0.4) is 0 Å². The highest BCUT2D eigenvalue weighted by atomic mass is 16.2. The Hall–Kier alpha value is -2.06. The summed E-state index contributed by atoms with van der Waals surface area (Å²) in [5.74, 6) is 0.0363. The van der Waals surface area contributed by atoms with Crippen LogP contribution in [0.1, 0.15) is 12.0 Å². The van der Waals surface area contributed by atoms with Gasteiger partial charge >= 0.3 is 0 Å². The van der Waals surface area contributed by atoms with Gasteiger partial charge in [0.2, 0.25) is 5.91 Å². The van der Waals surface area contributed by atoms with Gasteiger partial charge in [0.25, 0.3) is 0 Å². The first-order valence-corrected chi connectivity index (χ1v) is 6.45. The Morgan fingerprint density at radius 1 is 1.58 bits per heavy atom. The third-order valence-corrected chi connectivity index (χ3v) is 3.26. The van der Waals surface area contributed by atoms with Gasteiger partial charge in [-0.1, -0.05) is 6.07 Å². The van der Waals surface area contributed by atoms with E-state index in [1.807, 2.05) is 25.2 Å². The molecule has 1 aliphatic heterocycles. The first-order chi connectivity index (χ1) is 9.26. The summed E-state index contributed by atoms with van der Waals surface area (Å²) in [7, 11) is 1.84. The fourth-order valence-corrected chi connectivity index (χ4v) is 2.34. The number of nitriles is 1. The summed E-state index contributed by atoms with van der Waals surface area (Å²) in [5.41, 5.74) is 1.54. The van der Waals surface area contributed by atoms with E-state index in [9.17, 15) is 4.79 Å². The zero-order valence-corrected chi connectivity index (χ0v) is 11.0. The molecule has 0 saturated carbocycles. The molecule has 1 fully saturated rings. The maximum absolute atomic E-state index is 12.1. The summed E-state index contributed by atoms with van der Waals surface area (Å²) < 4.78 is 0. The number of hydrogen-bond acceptors (Lipinski definition) is 4. The van der Waals surface area contributed by atoms with Crippen molar-refractivity contribution in [2.24, 2.45) is 0 Å². The van der Waals surface area contributed by atoms with E-state index >= 15 is 0 Å². The number of amides is 1. The lowest BCUT2D eigenvalue weighted by atomic mass is 10.1. The predicted octanol–water partition coefficient (Wildman–Crippen LogP) is 0.473. The molecule has 19 heavy (non-hydrogen) atoms. The van der Waals surface area contributed by atoms with Crippen LogP contribution < -0.4 is 15.5 Å². The van der Waals surface area contributed by atoms with Gasteiger partial charge in [-0.2, -0.15) is 5.26 Å². The molecule has 1 aliphatic rings. The van der Waals surface area contributed by atoms with Crippen molar-refractivity contribution in [1.82, 2.24) is 10.6 Å². The zero-order chi connectivity index (χ0) is 13.7. The molecule has 0 bridgehead atoms. The van der Waals surface area contributed by atoms with Crippen LogP contribution in [0.5, 0.6) is 0 Å². The Morgan fingerprint density at radius 3 is 3.16 bits per heavy atom. The van der Waals surface area contributed by atoms with E-state index in [0.29, 0.717) is 18.7 Å². The van der Waals surface area contributed by atoms with E-state index in [1.165, 1.54) is 0 Å². The molecule has 5 heteroatoms. The highest BCUT2D eigenvalue weighted by Gasteiger charge is 2.27. The minimum Gasteiger partial charge on any atom is -0.358 e. The van der Waals surface area contributed by atoms with Crippen molar-refractivity contribution < 1.29 is 4.79 Å². The average Bonchev–Trinajstić information content (AvgIpc) is 2.62. The number of carbonyl (C=O) groups is 1. The van der Waals surface area contributed by atoms with E-state index in [-0.39, 0.29) is 11.9 Å². The monoisotopic (exact) mass is 258 g/mol. The van der Waals surface area contributed by atoms with Gasteiger partial charge in [-0.15, -0.1) is 0 Å². The van der Waals surface area contributed by atoms with E-state index < -0.39 is 0 Å². The van der Waals surface area contributed by atoms with Crippen LogP contribution in [-0.4, -0.2) is 38.6 Å². The maximum atomic E-state index is 12.1. The summed E-state index contributed by atoms with van der Waals surface area (Å²) in [6, 6.07) is 9.31. The molecule has 1 unspecified atom stereocenters. The molecule has 1 heterocycles. The highest BCUT2D eigenvalue weighted by Crippen LogP contribution is 2.20. The molecule has 2 N–H and O–H groups in total. The largest absolute Gasteiger partial charge is 0.358 e. The van der Waals surface area contributed by atoms with Crippen LogP contribution in [0.2, 0.25) is 0 Å². The third-order valence-electron chi connectivity index (χ3n) is 3.26. The van der Waals surface area contributed by atoms with Crippen molar-refractivity contribution in [3.8, 4) is 6.07 Å². The van der Waals surface area contributed by atoms with Crippen LogP contribution in [0.15, 0.2) is 24.3 Å². The normalized spacial score (nSPS) is 19.5. The van der Waals surface area contributed by atoms with Crippen molar-refractivity contribution >= 4 is 11.6 Å². The Kier molecular flexibility index (Phi) is 4.37. The first-order valence-electron chi connectivity index (χ1n) is 6.45. The Morgan fingerprint density at radius 2 is 2.42 bits per heavy atom. The van der Waals surface area contributed by atoms with Gasteiger partial charge < -0.3 is 15.5 Å². The fourth-order valence-electron chi connectivity index (χ4n) is 2.34. The molecule has 0 spiro atoms. The van der Waals surface area contributed by atoms with Crippen molar-refractivity contribution in [1.29, 1.82) is 5.26 Å². The lowest BCUT2D eigenvalue weighted by Crippen LogP contribution is -2.49. The van der Waals surface area contributed by atoms with Crippen molar-refractivity contribution in [3.05, 3.63) is 29.8 Å². The van der Waals surface area contributed by atoms with Crippen LogP contribution in [0.4, 0.5) is 5.69 Å². The van der Waals surface area contributed by atoms with Gasteiger partial charge in [-0.25, -0.2) is 0 Å². The molecular formula is C14H18N4O. The second kappa shape index (κ2) is 6.21. The second-order valence-electron chi connectivity index (χ2n) is 4.57. The second-order valence-corrected chi connectivity index (χ2v) is 4.57. The van der Waals surface area contributed by atoms with Crippen molar-refractivity contribution in [2.45, 2.75) is 12.5 Å². The van der Waals surface area contributed by atoms with Gasteiger partial charge in [-0.3, -0.25) is 4.79 Å².